The highest BCUT2D eigenvalue weighted by Gasteiger charge is 2.27. The van der Waals surface area contributed by atoms with E-state index in [0.29, 0.717) is 12.5 Å². The fraction of sp³-hybridized carbons (Fsp3) is 0.455. The number of halogens is 2. The first-order valence-electron chi connectivity index (χ1n) is 9.68. The van der Waals surface area contributed by atoms with Crippen molar-refractivity contribution in [2.75, 3.05) is 13.2 Å². The zero-order valence-corrected chi connectivity index (χ0v) is 17.1. The van der Waals surface area contributed by atoms with Crippen LogP contribution in [0.25, 0.3) is 0 Å². The third-order valence-electron chi connectivity index (χ3n) is 5.51. The molecule has 2 aliphatic rings. The molecule has 0 amide bonds. The van der Waals surface area contributed by atoms with E-state index >= 15 is 0 Å². The summed E-state index contributed by atoms with van der Waals surface area (Å²) < 4.78 is 5.98. The van der Waals surface area contributed by atoms with Gasteiger partial charge in [0.1, 0.15) is 12.4 Å². The van der Waals surface area contributed by atoms with Crippen LogP contribution in [0.15, 0.2) is 42.5 Å². The van der Waals surface area contributed by atoms with Crippen LogP contribution in [0.4, 0.5) is 0 Å². The number of benzene rings is 2. The SMILES string of the molecule is Cl.NC1CCc2ccc(OCCNC3CC3)cc2C1Cc1cccc(Cl)c1. The molecule has 0 aliphatic heterocycles. The Morgan fingerprint density at radius 1 is 1.11 bits per heavy atom. The van der Waals surface area contributed by atoms with Gasteiger partial charge in [-0.2, -0.15) is 0 Å². The van der Waals surface area contributed by atoms with Gasteiger partial charge in [0, 0.05) is 29.6 Å². The summed E-state index contributed by atoms with van der Waals surface area (Å²) in [7, 11) is 0. The number of nitrogens with one attached hydrogen (secondary N) is 1. The van der Waals surface area contributed by atoms with Crippen molar-refractivity contribution in [1.82, 2.24) is 5.32 Å². The number of fused-ring (bicyclic) bond motifs is 1. The van der Waals surface area contributed by atoms with Crippen molar-refractivity contribution in [2.45, 2.75) is 50.1 Å². The number of aryl methyl sites for hydroxylation is 1. The Balaban J connectivity index is 0.00000210. The maximum Gasteiger partial charge on any atom is 0.119 e. The van der Waals surface area contributed by atoms with Gasteiger partial charge in [-0.3, -0.25) is 0 Å². The minimum atomic E-state index is 0. The highest BCUT2D eigenvalue weighted by Crippen LogP contribution is 2.36. The summed E-state index contributed by atoms with van der Waals surface area (Å²) in [5, 5.41) is 4.27. The van der Waals surface area contributed by atoms with Crippen LogP contribution in [0.1, 0.15) is 41.9 Å². The quantitative estimate of drug-likeness (QED) is 0.665. The van der Waals surface area contributed by atoms with E-state index in [0.717, 1.165) is 42.6 Å². The van der Waals surface area contributed by atoms with Crippen LogP contribution in [0, 0.1) is 0 Å². The Kier molecular flexibility index (Phi) is 7.04. The maximum atomic E-state index is 6.51. The van der Waals surface area contributed by atoms with Gasteiger partial charge in [0.05, 0.1) is 0 Å². The van der Waals surface area contributed by atoms with E-state index in [1.807, 2.05) is 18.2 Å². The molecule has 2 aliphatic carbocycles. The Hall–Kier alpha value is -1.26. The smallest absolute Gasteiger partial charge is 0.119 e. The van der Waals surface area contributed by atoms with Crippen LogP contribution < -0.4 is 15.8 Å². The number of rotatable bonds is 7. The Morgan fingerprint density at radius 2 is 1.96 bits per heavy atom. The van der Waals surface area contributed by atoms with Gasteiger partial charge in [0.2, 0.25) is 0 Å². The second kappa shape index (κ2) is 9.29. The topological polar surface area (TPSA) is 47.3 Å². The van der Waals surface area contributed by atoms with E-state index in [9.17, 15) is 0 Å². The molecule has 3 N–H and O–H groups in total. The average molecular weight is 407 g/mol. The first-order chi connectivity index (χ1) is 12.7. The summed E-state index contributed by atoms with van der Waals surface area (Å²) in [5.41, 5.74) is 10.5. The molecule has 2 aromatic carbocycles. The molecule has 0 aromatic heterocycles. The van der Waals surface area contributed by atoms with Crippen LogP contribution in [-0.2, 0) is 12.8 Å². The molecule has 0 bridgehead atoms. The first kappa shape index (κ1) is 20.5. The van der Waals surface area contributed by atoms with E-state index in [4.69, 9.17) is 22.1 Å². The lowest BCUT2D eigenvalue weighted by Crippen LogP contribution is -2.34. The van der Waals surface area contributed by atoms with E-state index in [1.165, 1.54) is 29.5 Å². The van der Waals surface area contributed by atoms with Crippen LogP contribution in [-0.4, -0.2) is 25.2 Å². The first-order valence-corrected chi connectivity index (χ1v) is 10.1. The Bertz CT molecular complexity index is 764. The molecule has 1 saturated carbocycles. The van der Waals surface area contributed by atoms with Gasteiger partial charge in [-0.15, -0.1) is 12.4 Å². The molecule has 0 radical (unpaired) electrons. The van der Waals surface area contributed by atoms with E-state index in [1.54, 1.807) is 0 Å². The largest absolute Gasteiger partial charge is 0.492 e. The molecule has 2 unspecified atom stereocenters. The van der Waals surface area contributed by atoms with Crippen molar-refractivity contribution < 1.29 is 4.74 Å². The predicted octanol–water partition coefficient (Wildman–Crippen LogP) is 4.49. The van der Waals surface area contributed by atoms with Crippen molar-refractivity contribution >= 4 is 24.0 Å². The van der Waals surface area contributed by atoms with Gasteiger partial charge >= 0.3 is 0 Å². The highest BCUT2D eigenvalue weighted by molar-refractivity contribution is 6.30. The summed E-state index contributed by atoms with van der Waals surface area (Å²) in [6, 6.07) is 15.5. The van der Waals surface area contributed by atoms with Crippen LogP contribution in [0.2, 0.25) is 5.02 Å². The van der Waals surface area contributed by atoms with Crippen LogP contribution in [0.5, 0.6) is 5.75 Å². The molecule has 27 heavy (non-hydrogen) atoms. The van der Waals surface area contributed by atoms with Gasteiger partial charge in [0.25, 0.3) is 0 Å². The van der Waals surface area contributed by atoms with Gasteiger partial charge < -0.3 is 15.8 Å². The molecule has 0 heterocycles. The zero-order valence-electron chi connectivity index (χ0n) is 15.5. The predicted molar refractivity (Wildman–Crippen MR) is 114 cm³/mol. The lowest BCUT2D eigenvalue weighted by atomic mass is 9.76. The Labute approximate surface area is 173 Å². The van der Waals surface area contributed by atoms with Crippen molar-refractivity contribution in [3.8, 4) is 5.75 Å². The third kappa shape index (κ3) is 5.39. The summed E-state index contributed by atoms with van der Waals surface area (Å²) in [6.45, 7) is 1.62. The lowest BCUT2D eigenvalue weighted by molar-refractivity contribution is 0.312. The van der Waals surface area contributed by atoms with E-state index in [-0.39, 0.29) is 18.4 Å². The minimum absolute atomic E-state index is 0. The molecular formula is C22H28Cl2N2O. The molecule has 0 spiro atoms. The highest BCUT2D eigenvalue weighted by atomic mass is 35.5. The molecule has 1 fully saturated rings. The monoisotopic (exact) mass is 406 g/mol. The normalized spacial score (nSPS) is 21.3. The second-order valence-electron chi connectivity index (χ2n) is 7.58. The number of hydrogen-bond acceptors (Lipinski definition) is 3. The molecule has 5 heteroatoms. The summed E-state index contributed by atoms with van der Waals surface area (Å²) in [4.78, 5) is 0. The Morgan fingerprint density at radius 3 is 2.74 bits per heavy atom. The van der Waals surface area contributed by atoms with E-state index < -0.39 is 0 Å². The summed E-state index contributed by atoms with van der Waals surface area (Å²) in [6.07, 6.45) is 5.61. The lowest BCUT2D eigenvalue weighted by Gasteiger charge is -2.32. The average Bonchev–Trinajstić information content (AvgIpc) is 3.46. The van der Waals surface area contributed by atoms with Crippen molar-refractivity contribution in [3.63, 3.8) is 0 Å². The van der Waals surface area contributed by atoms with Crippen molar-refractivity contribution in [3.05, 3.63) is 64.2 Å². The van der Waals surface area contributed by atoms with E-state index in [2.05, 4.69) is 29.6 Å². The van der Waals surface area contributed by atoms with Gasteiger partial charge in [-0.25, -0.2) is 0 Å². The van der Waals surface area contributed by atoms with Gasteiger partial charge in [-0.05, 0) is 73.1 Å². The summed E-state index contributed by atoms with van der Waals surface area (Å²) >= 11 is 6.16. The van der Waals surface area contributed by atoms with Gasteiger partial charge in [-0.1, -0.05) is 29.8 Å². The standard InChI is InChI=1S/C22H27ClN2O.ClH/c23-17-3-1-2-15(12-17)13-21-20-14-19(26-11-10-25-18-6-7-18)8-4-16(20)5-9-22(21)24;/h1-4,8,12,14,18,21-22,25H,5-7,9-11,13,24H2;1H. The number of nitrogens with two attached hydrogens (primary N) is 1. The second-order valence-corrected chi connectivity index (χ2v) is 8.02. The molecule has 3 nitrogen and oxygen atoms in total. The zero-order chi connectivity index (χ0) is 17.9. The molecule has 4 rings (SSSR count). The van der Waals surface area contributed by atoms with Gasteiger partial charge in [0.15, 0.2) is 0 Å². The molecule has 0 saturated heterocycles. The van der Waals surface area contributed by atoms with Crippen LogP contribution >= 0.6 is 24.0 Å². The van der Waals surface area contributed by atoms with Crippen LogP contribution in [0.3, 0.4) is 0 Å². The molecule has 2 atom stereocenters. The molecular weight excluding hydrogens is 379 g/mol. The van der Waals surface area contributed by atoms with Crippen molar-refractivity contribution in [1.29, 1.82) is 0 Å². The number of hydrogen-bond donors (Lipinski definition) is 2. The summed E-state index contributed by atoms with van der Waals surface area (Å²) in [5.74, 6) is 1.26. The third-order valence-corrected chi connectivity index (χ3v) is 5.74. The minimum Gasteiger partial charge on any atom is -0.492 e. The number of ether oxygens (including phenoxy) is 1. The molecule has 2 aromatic rings. The maximum absolute atomic E-state index is 6.51. The van der Waals surface area contributed by atoms with Crippen molar-refractivity contribution in [2.24, 2.45) is 5.73 Å². The fourth-order valence-electron chi connectivity index (χ4n) is 3.89. The molecule has 146 valence electrons. The fourth-order valence-corrected chi connectivity index (χ4v) is 4.10.